The third kappa shape index (κ3) is 4.58. The summed E-state index contributed by atoms with van der Waals surface area (Å²) in [5.41, 5.74) is 1.39. The molecule has 2 unspecified atom stereocenters. The first-order valence-corrected chi connectivity index (χ1v) is 7.95. The molecule has 2 atom stereocenters. The Morgan fingerprint density at radius 3 is 2.80 bits per heavy atom. The van der Waals surface area contributed by atoms with Crippen molar-refractivity contribution in [2.24, 2.45) is 5.92 Å². The minimum atomic E-state index is 0.340. The number of nitrogens with zero attached hydrogens (tertiary/aromatic N) is 1. The predicted octanol–water partition coefficient (Wildman–Crippen LogP) is 2.43. The number of likely N-dealkylation sites (tertiary alicyclic amines) is 1. The SMILES string of the molecule is CCCNC(CCN1CCC(CO)C1)c1ccccc1. The van der Waals surface area contributed by atoms with Crippen molar-refractivity contribution in [3.05, 3.63) is 35.9 Å². The summed E-state index contributed by atoms with van der Waals surface area (Å²) in [5, 5.41) is 12.9. The lowest BCUT2D eigenvalue weighted by Gasteiger charge is -2.23. The molecule has 0 aromatic heterocycles. The zero-order valence-corrected chi connectivity index (χ0v) is 12.6. The third-order valence-corrected chi connectivity index (χ3v) is 4.20. The summed E-state index contributed by atoms with van der Waals surface area (Å²) in [6.07, 6.45) is 3.46. The average molecular weight is 276 g/mol. The van der Waals surface area contributed by atoms with Crippen LogP contribution in [0.25, 0.3) is 0 Å². The van der Waals surface area contributed by atoms with Gasteiger partial charge < -0.3 is 15.3 Å². The Labute approximate surface area is 123 Å². The van der Waals surface area contributed by atoms with Crippen molar-refractivity contribution < 1.29 is 5.11 Å². The number of hydrogen-bond acceptors (Lipinski definition) is 3. The van der Waals surface area contributed by atoms with Gasteiger partial charge in [0.05, 0.1) is 0 Å². The van der Waals surface area contributed by atoms with E-state index in [4.69, 9.17) is 0 Å². The molecule has 0 spiro atoms. The number of aliphatic hydroxyl groups excluding tert-OH is 1. The first kappa shape index (κ1) is 15.5. The van der Waals surface area contributed by atoms with Gasteiger partial charge in [-0.3, -0.25) is 0 Å². The lowest BCUT2D eigenvalue weighted by molar-refractivity contribution is 0.219. The van der Waals surface area contributed by atoms with Crippen molar-refractivity contribution in [3.8, 4) is 0 Å². The van der Waals surface area contributed by atoms with Crippen LogP contribution in [0.15, 0.2) is 30.3 Å². The van der Waals surface area contributed by atoms with Gasteiger partial charge in [-0.1, -0.05) is 37.3 Å². The molecule has 1 aromatic rings. The minimum absolute atomic E-state index is 0.340. The molecule has 2 rings (SSSR count). The van der Waals surface area contributed by atoms with Crippen LogP contribution in [-0.4, -0.2) is 42.8 Å². The fourth-order valence-corrected chi connectivity index (χ4v) is 2.97. The zero-order chi connectivity index (χ0) is 14.2. The minimum Gasteiger partial charge on any atom is -0.396 e. The van der Waals surface area contributed by atoms with Crippen LogP contribution in [0.2, 0.25) is 0 Å². The van der Waals surface area contributed by atoms with Crippen molar-refractivity contribution in [3.63, 3.8) is 0 Å². The summed E-state index contributed by atoms with van der Waals surface area (Å²) in [7, 11) is 0. The molecule has 3 nitrogen and oxygen atoms in total. The van der Waals surface area contributed by atoms with E-state index in [9.17, 15) is 5.11 Å². The van der Waals surface area contributed by atoms with Crippen LogP contribution in [0.1, 0.15) is 37.8 Å². The van der Waals surface area contributed by atoms with Gasteiger partial charge in [0, 0.05) is 19.2 Å². The fraction of sp³-hybridized carbons (Fsp3) is 0.647. The first-order valence-electron chi connectivity index (χ1n) is 7.95. The Morgan fingerprint density at radius 2 is 2.15 bits per heavy atom. The second kappa shape index (κ2) is 8.40. The van der Waals surface area contributed by atoms with Gasteiger partial charge in [-0.2, -0.15) is 0 Å². The van der Waals surface area contributed by atoms with E-state index in [1.165, 1.54) is 12.0 Å². The number of benzene rings is 1. The molecule has 0 amide bonds. The van der Waals surface area contributed by atoms with E-state index in [2.05, 4.69) is 47.5 Å². The number of nitrogens with one attached hydrogen (secondary N) is 1. The van der Waals surface area contributed by atoms with Crippen molar-refractivity contribution in [1.29, 1.82) is 0 Å². The summed E-state index contributed by atoms with van der Waals surface area (Å²) in [4.78, 5) is 2.49. The molecule has 0 aliphatic carbocycles. The van der Waals surface area contributed by atoms with E-state index in [0.717, 1.165) is 39.0 Å². The summed E-state index contributed by atoms with van der Waals surface area (Å²) in [5.74, 6) is 0.494. The molecule has 0 radical (unpaired) electrons. The van der Waals surface area contributed by atoms with Gasteiger partial charge in [0.15, 0.2) is 0 Å². The fourth-order valence-electron chi connectivity index (χ4n) is 2.97. The molecule has 1 aliphatic rings. The van der Waals surface area contributed by atoms with E-state index >= 15 is 0 Å². The van der Waals surface area contributed by atoms with E-state index in [1.54, 1.807) is 0 Å². The molecule has 1 aliphatic heterocycles. The van der Waals surface area contributed by atoms with Gasteiger partial charge >= 0.3 is 0 Å². The molecule has 1 fully saturated rings. The normalized spacial score (nSPS) is 21.2. The van der Waals surface area contributed by atoms with Gasteiger partial charge in [-0.05, 0) is 50.4 Å². The van der Waals surface area contributed by atoms with Crippen LogP contribution in [0.3, 0.4) is 0 Å². The summed E-state index contributed by atoms with van der Waals surface area (Å²) in [6, 6.07) is 11.2. The maximum atomic E-state index is 9.22. The van der Waals surface area contributed by atoms with Crippen molar-refractivity contribution in [2.45, 2.75) is 32.2 Å². The Bertz CT molecular complexity index is 369. The monoisotopic (exact) mass is 276 g/mol. The Hall–Kier alpha value is -0.900. The first-order chi connectivity index (χ1) is 9.83. The van der Waals surface area contributed by atoms with E-state index in [-0.39, 0.29) is 0 Å². The zero-order valence-electron chi connectivity index (χ0n) is 12.6. The highest BCUT2D eigenvalue weighted by Crippen LogP contribution is 2.20. The Balaban J connectivity index is 1.85. The second-order valence-corrected chi connectivity index (χ2v) is 5.84. The van der Waals surface area contributed by atoms with Crippen LogP contribution in [-0.2, 0) is 0 Å². The molecular weight excluding hydrogens is 248 g/mol. The summed E-state index contributed by atoms with van der Waals surface area (Å²) < 4.78 is 0. The standard InChI is InChI=1S/C17H28N2O/c1-2-10-18-17(16-6-4-3-5-7-16)9-12-19-11-8-15(13-19)14-20/h3-7,15,17-18,20H,2,8-14H2,1H3. The molecule has 1 aromatic carbocycles. The maximum Gasteiger partial charge on any atom is 0.0471 e. The van der Waals surface area contributed by atoms with E-state index < -0.39 is 0 Å². The molecule has 1 heterocycles. The highest BCUT2D eigenvalue weighted by Gasteiger charge is 2.22. The van der Waals surface area contributed by atoms with Crippen LogP contribution < -0.4 is 5.32 Å². The highest BCUT2D eigenvalue weighted by atomic mass is 16.3. The molecule has 3 heteroatoms. The van der Waals surface area contributed by atoms with Crippen molar-refractivity contribution in [1.82, 2.24) is 10.2 Å². The summed E-state index contributed by atoms with van der Waals surface area (Å²) >= 11 is 0. The van der Waals surface area contributed by atoms with Gasteiger partial charge in [0.25, 0.3) is 0 Å². The number of aliphatic hydroxyl groups is 1. The van der Waals surface area contributed by atoms with Crippen molar-refractivity contribution >= 4 is 0 Å². The molecule has 0 bridgehead atoms. The maximum absolute atomic E-state index is 9.22. The Morgan fingerprint density at radius 1 is 1.35 bits per heavy atom. The molecule has 0 saturated carbocycles. The van der Waals surface area contributed by atoms with Gasteiger partial charge in [0.2, 0.25) is 0 Å². The summed E-state index contributed by atoms with van der Waals surface area (Å²) in [6.45, 7) is 6.94. The lowest BCUT2D eigenvalue weighted by atomic mass is 10.0. The van der Waals surface area contributed by atoms with Gasteiger partial charge in [0.1, 0.15) is 0 Å². The smallest absolute Gasteiger partial charge is 0.0471 e. The van der Waals surface area contributed by atoms with E-state index in [0.29, 0.717) is 18.6 Å². The molecule has 2 N–H and O–H groups in total. The molecule has 112 valence electrons. The largest absolute Gasteiger partial charge is 0.396 e. The van der Waals surface area contributed by atoms with Crippen LogP contribution >= 0.6 is 0 Å². The van der Waals surface area contributed by atoms with Crippen LogP contribution in [0, 0.1) is 5.92 Å². The van der Waals surface area contributed by atoms with Crippen LogP contribution in [0.5, 0.6) is 0 Å². The predicted molar refractivity (Wildman–Crippen MR) is 83.7 cm³/mol. The topological polar surface area (TPSA) is 35.5 Å². The molecule has 1 saturated heterocycles. The average Bonchev–Trinajstić information content (AvgIpc) is 2.96. The number of rotatable bonds is 8. The van der Waals surface area contributed by atoms with Crippen molar-refractivity contribution in [2.75, 3.05) is 32.8 Å². The second-order valence-electron chi connectivity index (χ2n) is 5.84. The van der Waals surface area contributed by atoms with Crippen LogP contribution in [0.4, 0.5) is 0 Å². The van der Waals surface area contributed by atoms with E-state index in [1.807, 2.05) is 0 Å². The quantitative estimate of drug-likeness (QED) is 0.765. The van der Waals surface area contributed by atoms with Gasteiger partial charge in [-0.25, -0.2) is 0 Å². The number of hydrogen-bond donors (Lipinski definition) is 2. The Kier molecular flexibility index (Phi) is 6.51. The molecular formula is C17H28N2O. The van der Waals surface area contributed by atoms with Gasteiger partial charge in [-0.15, -0.1) is 0 Å². The molecule has 20 heavy (non-hydrogen) atoms. The lowest BCUT2D eigenvalue weighted by Crippen LogP contribution is -2.29. The third-order valence-electron chi connectivity index (χ3n) is 4.20. The highest BCUT2D eigenvalue weighted by molar-refractivity contribution is 5.18.